The number of carbonyl (C=O) groups is 1. The summed E-state index contributed by atoms with van der Waals surface area (Å²) in [6, 6.07) is 2.18. The van der Waals surface area contributed by atoms with Crippen molar-refractivity contribution in [2.45, 2.75) is 19.3 Å². The number of hydrogen-bond donors (Lipinski definition) is 0. The Morgan fingerprint density at radius 1 is 1.83 bits per heavy atom. The summed E-state index contributed by atoms with van der Waals surface area (Å²) in [5.74, 6) is -0.176. The molecule has 0 heterocycles. The number of esters is 1. The summed E-state index contributed by atoms with van der Waals surface area (Å²) in [5.41, 5.74) is 0.712. The fraction of sp³-hybridized carbons (Fsp3) is 0.556. The Kier molecular flexibility index (Phi) is 2.87. The molecule has 3 nitrogen and oxygen atoms in total. The first-order valence-corrected chi connectivity index (χ1v) is 3.95. The van der Waals surface area contributed by atoms with Crippen molar-refractivity contribution in [3.8, 4) is 6.07 Å². The first-order chi connectivity index (χ1) is 5.77. The minimum atomic E-state index is -0.258. The Morgan fingerprint density at radius 2 is 2.58 bits per heavy atom. The van der Waals surface area contributed by atoms with E-state index in [1.165, 1.54) is 7.11 Å². The van der Waals surface area contributed by atoms with E-state index in [1.807, 2.05) is 6.08 Å². The highest BCUT2D eigenvalue weighted by molar-refractivity contribution is 5.88. The second-order valence-corrected chi connectivity index (χ2v) is 2.82. The van der Waals surface area contributed by atoms with Crippen molar-refractivity contribution in [2.24, 2.45) is 5.92 Å². The summed E-state index contributed by atoms with van der Waals surface area (Å²) in [6.45, 7) is 0. The van der Waals surface area contributed by atoms with Crippen LogP contribution in [0.2, 0.25) is 0 Å². The number of methoxy groups -OCH3 is 1. The van der Waals surface area contributed by atoms with Crippen LogP contribution in [0.25, 0.3) is 0 Å². The molecular formula is C9H11NO2. The van der Waals surface area contributed by atoms with Crippen LogP contribution < -0.4 is 0 Å². The molecule has 0 aromatic rings. The quantitative estimate of drug-likeness (QED) is 0.552. The first-order valence-electron chi connectivity index (χ1n) is 3.95. The zero-order valence-electron chi connectivity index (χ0n) is 7.04. The van der Waals surface area contributed by atoms with Gasteiger partial charge in [0, 0.05) is 5.57 Å². The van der Waals surface area contributed by atoms with E-state index in [0.29, 0.717) is 18.4 Å². The van der Waals surface area contributed by atoms with E-state index in [2.05, 4.69) is 10.8 Å². The SMILES string of the molecule is COC(=O)C1=CC[C@H](C#N)CC1. The van der Waals surface area contributed by atoms with Crippen LogP contribution in [0.5, 0.6) is 0 Å². The molecule has 0 saturated heterocycles. The molecule has 1 rings (SSSR count). The van der Waals surface area contributed by atoms with Crippen molar-refractivity contribution >= 4 is 5.97 Å². The number of nitriles is 1. The van der Waals surface area contributed by atoms with Gasteiger partial charge in [-0.05, 0) is 19.3 Å². The van der Waals surface area contributed by atoms with Crippen molar-refractivity contribution in [3.63, 3.8) is 0 Å². The van der Waals surface area contributed by atoms with Gasteiger partial charge in [0.25, 0.3) is 0 Å². The van der Waals surface area contributed by atoms with E-state index in [0.717, 1.165) is 6.42 Å². The number of nitrogens with zero attached hydrogens (tertiary/aromatic N) is 1. The van der Waals surface area contributed by atoms with Crippen LogP contribution >= 0.6 is 0 Å². The van der Waals surface area contributed by atoms with Crippen molar-refractivity contribution in [1.29, 1.82) is 5.26 Å². The van der Waals surface area contributed by atoms with E-state index in [-0.39, 0.29) is 11.9 Å². The fourth-order valence-corrected chi connectivity index (χ4v) is 1.27. The molecule has 1 aliphatic carbocycles. The molecule has 0 aromatic heterocycles. The third kappa shape index (κ3) is 1.85. The van der Waals surface area contributed by atoms with Gasteiger partial charge in [-0.2, -0.15) is 5.26 Å². The Hall–Kier alpha value is -1.30. The molecule has 0 amide bonds. The molecular weight excluding hydrogens is 154 g/mol. The standard InChI is InChI=1S/C9H11NO2/c1-12-9(11)8-4-2-7(6-10)3-5-8/h4,7H,2-3,5H2,1H3/t7-/m0/s1. The van der Waals surface area contributed by atoms with Crippen LogP contribution in [-0.2, 0) is 9.53 Å². The predicted molar refractivity (Wildman–Crippen MR) is 43.1 cm³/mol. The molecule has 0 spiro atoms. The fourth-order valence-electron chi connectivity index (χ4n) is 1.27. The predicted octanol–water partition coefficient (Wildman–Crippen LogP) is 1.41. The minimum absolute atomic E-state index is 0.0819. The van der Waals surface area contributed by atoms with Gasteiger partial charge in [-0.25, -0.2) is 4.79 Å². The molecule has 0 saturated carbocycles. The number of ether oxygens (including phenoxy) is 1. The Labute approximate surface area is 71.6 Å². The van der Waals surface area contributed by atoms with Crippen LogP contribution in [0.4, 0.5) is 0 Å². The molecule has 0 bridgehead atoms. The third-order valence-corrected chi connectivity index (χ3v) is 2.04. The van der Waals surface area contributed by atoms with Gasteiger partial charge < -0.3 is 4.74 Å². The van der Waals surface area contributed by atoms with Crippen LogP contribution in [-0.4, -0.2) is 13.1 Å². The first kappa shape index (κ1) is 8.79. The molecule has 0 radical (unpaired) electrons. The summed E-state index contributed by atoms with van der Waals surface area (Å²) in [6.07, 6.45) is 3.94. The summed E-state index contributed by atoms with van der Waals surface area (Å²) in [5, 5.41) is 8.58. The smallest absolute Gasteiger partial charge is 0.333 e. The molecule has 3 heteroatoms. The van der Waals surface area contributed by atoms with Crippen LogP contribution in [0.1, 0.15) is 19.3 Å². The van der Waals surface area contributed by atoms with Crippen molar-refractivity contribution < 1.29 is 9.53 Å². The number of allylic oxidation sites excluding steroid dienone is 1. The highest BCUT2D eigenvalue weighted by Crippen LogP contribution is 2.23. The van der Waals surface area contributed by atoms with Gasteiger partial charge in [0.15, 0.2) is 0 Å². The zero-order valence-corrected chi connectivity index (χ0v) is 7.04. The van der Waals surface area contributed by atoms with E-state index >= 15 is 0 Å². The summed E-state index contributed by atoms with van der Waals surface area (Å²) in [4.78, 5) is 11.0. The largest absolute Gasteiger partial charge is 0.466 e. The summed E-state index contributed by atoms with van der Waals surface area (Å²) >= 11 is 0. The maximum absolute atomic E-state index is 11.0. The topological polar surface area (TPSA) is 50.1 Å². The van der Waals surface area contributed by atoms with E-state index in [1.54, 1.807) is 0 Å². The Morgan fingerprint density at radius 3 is 3.00 bits per heavy atom. The third-order valence-electron chi connectivity index (χ3n) is 2.04. The van der Waals surface area contributed by atoms with Crippen LogP contribution in [0, 0.1) is 17.2 Å². The molecule has 0 N–H and O–H groups in total. The number of rotatable bonds is 1. The zero-order chi connectivity index (χ0) is 8.97. The van der Waals surface area contributed by atoms with Gasteiger partial charge in [-0.3, -0.25) is 0 Å². The van der Waals surface area contributed by atoms with Crippen molar-refractivity contribution in [1.82, 2.24) is 0 Å². The average Bonchev–Trinajstić information content (AvgIpc) is 2.17. The molecule has 0 fully saturated rings. The van der Waals surface area contributed by atoms with Crippen LogP contribution in [0.15, 0.2) is 11.6 Å². The highest BCUT2D eigenvalue weighted by atomic mass is 16.5. The molecule has 0 aromatic carbocycles. The summed E-state index contributed by atoms with van der Waals surface area (Å²) < 4.78 is 4.57. The van der Waals surface area contributed by atoms with Gasteiger partial charge in [0.1, 0.15) is 0 Å². The van der Waals surface area contributed by atoms with Crippen molar-refractivity contribution in [3.05, 3.63) is 11.6 Å². The van der Waals surface area contributed by atoms with Gasteiger partial charge in [0.2, 0.25) is 0 Å². The van der Waals surface area contributed by atoms with Gasteiger partial charge in [-0.15, -0.1) is 0 Å². The second-order valence-electron chi connectivity index (χ2n) is 2.82. The lowest BCUT2D eigenvalue weighted by atomic mass is 9.91. The average molecular weight is 165 g/mol. The van der Waals surface area contributed by atoms with Crippen LogP contribution in [0.3, 0.4) is 0 Å². The summed E-state index contributed by atoms with van der Waals surface area (Å²) in [7, 11) is 1.37. The molecule has 0 unspecified atom stereocenters. The maximum Gasteiger partial charge on any atom is 0.333 e. The van der Waals surface area contributed by atoms with Gasteiger partial charge >= 0.3 is 5.97 Å². The molecule has 64 valence electrons. The Bertz CT molecular complexity index is 250. The maximum atomic E-state index is 11.0. The lowest BCUT2D eigenvalue weighted by molar-refractivity contribution is -0.136. The van der Waals surface area contributed by atoms with Gasteiger partial charge in [0.05, 0.1) is 19.1 Å². The van der Waals surface area contributed by atoms with Crippen molar-refractivity contribution in [2.75, 3.05) is 7.11 Å². The monoisotopic (exact) mass is 165 g/mol. The normalized spacial score (nSPS) is 22.3. The minimum Gasteiger partial charge on any atom is -0.466 e. The molecule has 1 aliphatic rings. The van der Waals surface area contributed by atoms with Gasteiger partial charge in [-0.1, -0.05) is 6.08 Å². The lowest BCUT2D eigenvalue weighted by Gasteiger charge is -2.14. The molecule has 12 heavy (non-hydrogen) atoms. The number of hydrogen-bond acceptors (Lipinski definition) is 3. The van der Waals surface area contributed by atoms with E-state index < -0.39 is 0 Å². The molecule has 1 atom stereocenters. The molecule has 0 aliphatic heterocycles. The van der Waals surface area contributed by atoms with E-state index in [9.17, 15) is 4.79 Å². The lowest BCUT2D eigenvalue weighted by Crippen LogP contribution is -2.11. The Balaban J connectivity index is 2.57. The van der Waals surface area contributed by atoms with E-state index in [4.69, 9.17) is 5.26 Å². The number of carbonyl (C=O) groups excluding carboxylic acids is 1. The highest BCUT2D eigenvalue weighted by Gasteiger charge is 2.18. The second kappa shape index (κ2) is 3.91.